The molecular weight excluding hydrogens is 278 g/mol. The molecule has 1 aromatic carbocycles. The van der Waals surface area contributed by atoms with Crippen LogP contribution in [0.5, 0.6) is 0 Å². The summed E-state index contributed by atoms with van der Waals surface area (Å²) in [7, 11) is 0. The Kier molecular flexibility index (Phi) is 3.54. The van der Waals surface area contributed by atoms with E-state index in [1.54, 1.807) is 0 Å². The Balaban J connectivity index is 2.41. The average molecular weight is 292 g/mol. The van der Waals surface area contributed by atoms with Crippen LogP contribution in [0.1, 0.15) is 24.2 Å². The van der Waals surface area contributed by atoms with Crippen LogP contribution in [-0.2, 0) is 0 Å². The second-order valence-corrected chi connectivity index (χ2v) is 4.95. The van der Waals surface area contributed by atoms with Crippen LogP contribution in [0.15, 0.2) is 34.9 Å². The molecule has 1 aromatic heterocycles. The van der Waals surface area contributed by atoms with E-state index in [-0.39, 0.29) is 6.04 Å². The minimum atomic E-state index is -0.0334. The molecule has 2 rings (SSSR count). The van der Waals surface area contributed by atoms with Crippen molar-refractivity contribution in [1.29, 1.82) is 0 Å². The minimum absolute atomic E-state index is 0.0334. The second kappa shape index (κ2) is 4.94. The van der Waals surface area contributed by atoms with Crippen molar-refractivity contribution in [3.63, 3.8) is 0 Å². The molecule has 2 N–H and O–H groups in total. The molecule has 0 saturated carbocycles. The van der Waals surface area contributed by atoms with E-state index >= 15 is 0 Å². The Bertz CT molecular complexity index is 521. The van der Waals surface area contributed by atoms with Gasteiger partial charge in [-0.15, -0.1) is 0 Å². The highest BCUT2D eigenvalue weighted by Gasteiger charge is 2.08. The topological polar surface area (TPSA) is 51.8 Å². The quantitative estimate of drug-likeness (QED) is 0.924. The van der Waals surface area contributed by atoms with Gasteiger partial charge in [0.2, 0.25) is 0 Å². The first kappa shape index (κ1) is 12.2. The Labute approximate surface area is 109 Å². The van der Waals surface area contributed by atoms with Crippen molar-refractivity contribution in [2.75, 3.05) is 0 Å². The average Bonchev–Trinajstić information content (AvgIpc) is 2.29. The van der Waals surface area contributed by atoms with E-state index in [1.165, 1.54) is 0 Å². The molecule has 0 aliphatic carbocycles. The van der Waals surface area contributed by atoms with Crippen LogP contribution in [0, 0.1) is 6.92 Å². The molecule has 0 aliphatic heterocycles. The van der Waals surface area contributed by atoms with Gasteiger partial charge in [0.15, 0.2) is 5.82 Å². The van der Waals surface area contributed by atoms with Gasteiger partial charge >= 0.3 is 0 Å². The van der Waals surface area contributed by atoms with Gasteiger partial charge in [-0.25, -0.2) is 9.97 Å². The lowest BCUT2D eigenvalue weighted by molar-refractivity contribution is 0.790. The SMILES string of the molecule is Cc1nc(-c2ccc(Br)cc2)ncc1[C@H](C)N. The molecule has 0 bridgehead atoms. The lowest BCUT2D eigenvalue weighted by Gasteiger charge is -2.09. The largest absolute Gasteiger partial charge is 0.324 e. The number of hydrogen-bond acceptors (Lipinski definition) is 3. The van der Waals surface area contributed by atoms with Crippen molar-refractivity contribution in [2.45, 2.75) is 19.9 Å². The van der Waals surface area contributed by atoms with E-state index in [9.17, 15) is 0 Å². The summed E-state index contributed by atoms with van der Waals surface area (Å²) in [5, 5.41) is 0. The number of hydrogen-bond donors (Lipinski definition) is 1. The third-order valence-corrected chi connectivity index (χ3v) is 3.14. The maximum absolute atomic E-state index is 5.84. The smallest absolute Gasteiger partial charge is 0.159 e. The molecule has 0 spiro atoms. The lowest BCUT2D eigenvalue weighted by Crippen LogP contribution is -2.09. The van der Waals surface area contributed by atoms with Crippen molar-refractivity contribution in [3.05, 3.63) is 46.2 Å². The molecule has 0 aliphatic rings. The summed E-state index contributed by atoms with van der Waals surface area (Å²) in [6, 6.07) is 7.91. The predicted octanol–water partition coefficient (Wildman–Crippen LogP) is 3.23. The van der Waals surface area contributed by atoms with E-state index in [2.05, 4.69) is 25.9 Å². The third-order valence-electron chi connectivity index (χ3n) is 2.61. The molecule has 1 heterocycles. The van der Waals surface area contributed by atoms with Crippen LogP contribution in [0.3, 0.4) is 0 Å². The van der Waals surface area contributed by atoms with Gasteiger partial charge in [-0.2, -0.15) is 0 Å². The van der Waals surface area contributed by atoms with Crippen LogP contribution < -0.4 is 5.73 Å². The van der Waals surface area contributed by atoms with E-state index in [0.29, 0.717) is 0 Å². The molecule has 0 unspecified atom stereocenters. The summed E-state index contributed by atoms with van der Waals surface area (Å²) >= 11 is 3.41. The molecule has 4 heteroatoms. The molecule has 88 valence electrons. The normalized spacial score (nSPS) is 12.5. The van der Waals surface area contributed by atoms with Gasteiger partial charge in [0.1, 0.15) is 0 Å². The fourth-order valence-corrected chi connectivity index (χ4v) is 1.93. The van der Waals surface area contributed by atoms with E-state index < -0.39 is 0 Å². The summed E-state index contributed by atoms with van der Waals surface area (Å²) < 4.78 is 1.05. The highest BCUT2D eigenvalue weighted by molar-refractivity contribution is 9.10. The van der Waals surface area contributed by atoms with Crippen LogP contribution in [0.2, 0.25) is 0 Å². The molecule has 0 amide bonds. The van der Waals surface area contributed by atoms with Gasteiger partial charge in [0.25, 0.3) is 0 Å². The van der Waals surface area contributed by atoms with Gasteiger partial charge in [-0.05, 0) is 26.0 Å². The number of aryl methyl sites for hydroxylation is 1. The van der Waals surface area contributed by atoms with Crippen molar-refractivity contribution in [2.24, 2.45) is 5.73 Å². The Morgan fingerprint density at radius 2 is 1.88 bits per heavy atom. The molecular formula is C13H14BrN3. The first-order chi connectivity index (χ1) is 8.08. The molecule has 0 saturated heterocycles. The van der Waals surface area contributed by atoms with E-state index in [0.717, 1.165) is 27.1 Å². The number of nitrogens with zero attached hydrogens (tertiary/aromatic N) is 2. The minimum Gasteiger partial charge on any atom is -0.324 e. The Morgan fingerprint density at radius 1 is 1.24 bits per heavy atom. The summed E-state index contributed by atoms with van der Waals surface area (Å²) in [5.74, 6) is 0.736. The first-order valence-electron chi connectivity index (χ1n) is 5.43. The number of rotatable bonds is 2. The standard InChI is InChI=1S/C13H14BrN3/c1-8(15)12-7-16-13(17-9(12)2)10-3-5-11(14)6-4-10/h3-8H,15H2,1-2H3/t8-/m0/s1. The van der Waals surface area contributed by atoms with Crippen molar-refractivity contribution >= 4 is 15.9 Å². The Hall–Kier alpha value is -1.26. The van der Waals surface area contributed by atoms with Crippen molar-refractivity contribution in [1.82, 2.24) is 9.97 Å². The molecule has 1 atom stereocenters. The fraction of sp³-hybridized carbons (Fsp3) is 0.231. The summed E-state index contributed by atoms with van der Waals surface area (Å²) in [4.78, 5) is 8.84. The molecule has 0 radical (unpaired) electrons. The molecule has 17 heavy (non-hydrogen) atoms. The highest BCUT2D eigenvalue weighted by Crippen LogP contribution is 2.20. The number of nitrogens with two attached hydrogens (primary N) is 1. The summed E-state index contributed by atoms with van der Waals surface area (Å²) in [5.41, 5.74) is 8.77. The van der Waals surface area contributed by atoms with E-state index in [1.807, 2.05) is 44.3 Å². The number of halogens is 1. The lowest BCUT2D eigenvalue weighted by atomic mass is 10.1. The first-order valence-corrected chi connectivity index (χ1v) is 6.22. The number of aromatic nitrogens is 2. The van der Waals surface area contributed by atoms with Crippen LogP contribution in [-0.4, -0.2) is 9.97 Å². The van der Waals surface area contributed by atoms with Crippen LogP contribution >= 0.6 is 15.9 Å². The number of benzene rings is 1. The van der Waals surface area contributed by atoms with Gasteiger partial charge in [-0.1, -0.05) is 28.1 Å². The van der Waals surface area contributed by atoms with Crippen LogP contribution in [0.4, 0.5) is 0 Å². The predicted molar refractivity (Wildman–Crippen MR) is 72.5 cm³/mol. The zero-order chi connectivity index (χ0) is 12.4. The van der Waals surface area contributed by atoms with Crippen molar-refractivity contribution in [3.8, 4) is 11.4 Å². The van der Waals surface area contributed by atoms with Crippen LogP contribution in [0.25, 0.3) is 11.4 Å². The maximum atomic E-state index is 5.84. The van der Waals surface area contributed by atoms with Gasteiger partial charge in [0, 0.05) is 33.5 Å². The molecule has 0 fully saturated rings. The molecule has 2 aromatic rings. The summed E-state index contributed by atoms with van der Waals surface area (Å²) in [6.45, 7) is 3.90. The zero-order valence-corrected chi connectivity index (χ0v) is 11.4. The van der Waals surface area contributed by atoms with E-state index in [4.69, 9.17) is 5.73 Å². The van der Waals surface area contributed by atoms with Gasteiger partial charge in [0.05, 0.1) is 0 Å². The third kappa shape index (κ3) is 2.70. The monoisotopic (exact) mass is 291 g/mol. The second-order valence-electron chi connectivity index (χ2n) is 4.03. The maximum Gasteiger partial charge on any atom is 0.159 e. The van der Waals surface area contributed by atoms with Gasteiger partial charge in [-0.3, -0.25) is 0 Å². The molecule has 3 nitrogen and oxygen atoms in total. The highest BCUT2D eigenvalue weighted by atomic mass is 79.9. The Morgan fingerprint density at radius 3 is 2.41 bits per heavy atom. The van der Waals surface area contributed by atoms with Crippen molar-refractivity contribution < 1.29 is 0 Å². The zero-order valence-electron chi connectivity index (χ0n) is 9.81. The van der Waals surface area contributed by atoms with Gasteiger partial charge < -0.3 is 5.73 Å². The fourth-order valence-electron chi connectivity index (χ4n) is 1.66. The summed E-state index contributed by atoms with van der Waals surface area (Å²) in [6.07, 6.45) is 1.81.